The first kappa shape index (κ1) is 15.0. The molecule has 0 aromatic heterocycles. The lowest BCUT2D eigenvalue weighted by molar-refractivity contribution is -0.133. The van der Waals surface area contributed by atoms with E-state index in [1.807, 2.05) is 11.8 Å². The van der Waals surface area contributed by atoms with Crippen LogP contribution in [0, 0.1) is 0 Å². The van der Waals surface area contributed by atoms with Crippen LogP contribution in [0.4, 0.5) is 0 Å². The molecule has 1 atom stereocenters. The van der Waals surface area contributed by atoms with E-state index in [-0.39, 0.29) is 17.9 Å². The maximum absolute atomic E-state index is 12.2. The number of nitrogens with two attached hydrogens (primary N) is 1. The van der Waals surface area contributed by atoms with Gasteiger partial charge < -0.3 is 16.0 Å². The number of nitrogens with zero attached hydrogens (tertiary/aromatic N) is 1. The largest absolute Gasteiger partial charge is 0.370 e. The number of carbonyl (C=O) groups excluding carboxylic acids is 2. The Labute approximate surface area is 109 Å². The van der Waals surface area contributed by atoms with E-state index < -0.39 is 0 Å². The number of hydrogen-bond donors (Lipinski definition) is 2. The second-order valence-electron chi connectivity index (χ2n) is 4.99. The van der Waals surface area contributed by atoms with Gasteiger partial charge >= 0.3 is 0 Å². The maximum atomic E-state index is 12.2. The van der Waals surface area contributed by atoms with Crippen molar-refractivity contribution in [1.82, 2.24) is 10.2 Å². The molecule has 1 heterocycles. The summed E-state index contributed by atoms with van der Waals surface area (Å²) in [6, 6.07) is -0.170. The molecule has 104 valence electrons. The minimum Gasteiger partial charge on any atom is -0.370 e. The van der Waals surface area contributed by atoms with Crippen LogP contribution in [0.1, 0.15) is 45.4 Å². The van der Waals surface area contributed by atoms with Crippen LogP contribution >= 0.6 is 0 Å². The molecule has 1 fully saturated rings. The molecule has 18 heavy (non-hydrogen) atoms. The molecule has 0 aromatic carbocycles. The van der Waals surface area contributed by atoms with E-state index in [4.69, 9.17) is 5.73 Å². The highest BCUT2D eigenvalue weighted by Gasteiger charge is 2.20. The monoisotopic (exact) mass is 255 g/mol. The van der Waals surface area contributed by atoms with Gasteiger partial charge in [0, 0.05) is 19.5 Å². The summed E-state index contributed by atoms with van der Waals surface area (Å²) < 4.78 is 0. The van der Waals surface area contributed by atoms with Crippen LogP contribution in [0.3, 0.4) is 0 Å². The van der Waals surface area contributed by atoms with Crippen molar-refractivity contribution in [2.24, 2.45) is 5.73 Å². The van der Waals surface area contributed by atoms with Gasteiger partial charge in [0.05, 0.1) is 6.04 Å². The van der Waals surface area contributed by atoms with E-state index in [9.17, 15) is 9.59 Å². The molecule has 1 unspecified atom stereocenters. The minimum absolute atomic E-state index is 0.170. The Morgan fingerprint density at radius 3 is 2.39 bits per heavy atom. The first-order valence-electron chi connectivity index (χ1n) is 6.91. The molecule has 1 aliphatic heterocycles. The summed E-state index contributed by atoms with van der Waals surface area (Å²) in [6.45, 7) is 4.31. The van der Waals surface area contributed by atoms with E-state index in [1.165, 1.54) is 12.8 Å². The number of rotatable bonds is 6. The van der Waals surface area contributed by atoms with Gasteiger partial charge in [0.25, 0.3) is 0 Å². The van der Waals surface area contributed by atoms with E-state index in [0.29, 0.717) is 19.4 Å². The zero-order valence-corrected chi connectivity index (χ0v) is 11.3. The number of primary amides is 1. The molecule has 5 heteroatoms. The predicted octanol–water partition coefficient (Wildman–Crippen LogP) is 0.633. The van der Waals surface area contributed by atoms with Crippen LogP contribution in [0.2, 0.25) is 0 Å². The standard InChI is InChI=1S/C13H25N3O2/c1-11(15-8-6-7-12(14)17)13(18)16-9-4-2-3-5-10-16/h11,15H,2-10H2,1H3,(H2,14,17). The fraction of sp³-hybridized carbons (Fsp3) is 0.846. The van der Waals surface area contributed by atoms with Gasteiger partial charge in [-0.05, 0) is 32.7 Å². The first-order valence-corrected chi connectivity index (χ1v) is 6.91. The van der Waals surface area contributed by atoms with Crippen LogP contribution < -0.4 is 11.1 Å². The molecule has 2 amide bonds. The SMILES string of the molecule is CC(NCCCC(N)=O)C(=O)N1CCCCCC1. The second-order valence-corrected chi connectivity index (χ2v) is 4.99. The Bertz CT molecular complexity index is 273. The van der Waals surface area contributed by atoms with Crippen LogP contribution in [0.5, 0.6) is 0 Å². The molecule has 0 radical (unpaired) electrons. The minimum atomic E-state index is -0.289. The van der Waals surface area contributed by atoms with Gasteiger partial charge in [-0.15, -0.1) is 0 Å². The van der Waals surface area contributed by atoms with E-state index in [2.05, 4.69) is 5.32 Å². The highest BCUT2D eigenvalue weighted by molar-refractivity contribution is 5.81. The summed E-state index contributed by atoms with van der Waals surface area (Å²) in [4.78, 5) is 24.7. The average Bonchev–Trinajstić information content (AvgIpc) is 2.61. The summed E-state index contributed by atoms with van der Waals surface area (Å²) in [5, 5.41) is 3.16. The van der Waals surface area contributed by atoms with Crippen molar-refractivity contribution in [2.75, 3.05) is 19.6 Å². The summed E-state index contributed by atoms with van der Waals surface area (Å²) in [6.07, 6.45) is 5.74. The summed E-state index contributed by atoms with van der Waals surface area (Å²) in [5.74, 6) is -0.112. The molecule has 0 aromatic rings. The van der Waals surface area contributed by atoms with Crippen molar-refractivity contribution < 1.29 is 9.59 Å². The summed E-state index contributed by atoms with van der Waals surface area (Å²) in [5.41, 5.74) is 5.06. The van der Waals surface area contributed by atoms with Crippen LogP contribution in [0.25, 0.3) is 0 Å². The fourth-order valence-electron chi connectivity index (χ4n) is 2.23. The highest BCUT2D eigenvalue weighted by Crippen LogP contribution is 2.10. The molecular weight excluding hydrogens is 230 g/mol. The molecule has 0 saturated carbocycles. The van der Waals surface area contributed by atoms with Gasteiger partial charge in [-0.25, -0.2) is 0 Å². The van der Waals surface area contributed by atoms with Crippen molar-refractivity contribution in [3.8, 4) is 0 Å². The second kappa shape index (κ2) is 8.08. The lowest BCUT2D eigenvalue weighted by atomic mass is 10.2. The van der Waals surface area contributed by atoms with Gasteiger partial charge in [-0.1, -0.05) is 12.8 Å². The molecule has 0 bridgehead atoms. The number of likely N-dealkylation sites (tertiary alicyclic amines) is 1. The Hall–Kier alpha value is -1.10. The van der Waals surface area contributed by atoms with Gasteiger partial charge in [-0.3, -0.25) is 9.59 Å². The smallest absolute Gasteiger partial charge is 0.239 e. The van der Waals surface area contributed by atoms with E-state index in [0.717, 1.165) is 25.9 Å². The quantitative estimate of drug-likeness (QED) is 0.684. The van der Waals surface area contributed by atoms with Gasteiger partial charge in [-0.2, -0.15) is 0 Å². The number of amides is 2. The third-order valence-electron chi connectivity index (χ3n) is 3.34. The number of carbonyl (C=O) groups is 2. The zero-order chi connectivity index (χ0) is 13.4. The third-order valence-corrected chi connectivity index (χ3v) is 3.34. The molecule has 3 N–H and O–H groups in total. The first-order chi connectivity index (χ1) is 8.61. The fourth-order valence-corrected chi connectivity index (χ4v) is 2.23. The molecule has 0 spiro atoms. The molecule has 1 aliphatic rings. The molecular formula is C13H25N3O2. The Morgan fingerprint density at radius 1 is 1.22 bits per heavy atom. The van der Waals surface area contributed by atoms with Crippen molar-refractivity contribution in [3.05, 3.63) is 0 Å². The highest BCUT2D eigenvalue weighted by atomic mass is 16.2. The van der Waals surface area contributed by atoms with Crippen molar-refractivity contribution in [1.29, 1.82) is 0 Å². The Kier molecular flexibility index (Phi) is 6.72. The van der Waals surface area contributed by atoms with Crippen LogP contribution in [0.15, 0.2) is 0 Å². The van der Waals surface area contributed by atoms with E-state index >= 15 is 0 Å². The van der Waals surface area contributed by atoms with Gasteiger partial charge in [0.2, 0.25) is 11.8 Å². The lowest BCUT2D eigenvalue weighted by Gasteiger charge is -2.24. The van der Waals surface area contributed by atoms with Crippen molar-refractivity contribution in [3.63, 3.8) is 0 Å². The molecule has 5 nitrogen and oxygen atoms in total. The molecule has 1 rings (SSSR count). The summed E-state index contributed by atoms with van der Waals surface area (Å²) in [7, 11) is 0. The average molecular weight is 255 g/mol. The predicted molar refractivity (Wildman–Crippen MR) is 70.9 cm³/mol. The van der Waals surface area contributed by atoms with E-state index in [1.54, 1.807) is 0 Å². The van der Waals surface area contributed by atoms with Crippen molar-refractivity contribution >= 4 is 11.8 Å². The number of nitrogens with one attached hydrogen (secondary N) is 1. The maximum Gasteiger partial charge on any atom is 0.239 e. The van der Waals surface area contributed by atoms with Crippen molar-refractivity contribution in [2.45, 2.75) is 51.5 Å². The van der Waals surface area contributed by atoms with Crippen LogP contribution in [-0.2, 0) is 9.59 Å². The molecule has 1 saturated heterocycles. The Balaban J connectivity index is 2.24. The lowest BCUT2D eigenvalue weighted by Crippen LogP contribution is -2.45. The number of hydrogen-bond acceptors (Lipinski definition) is 3. The topological polar surface area (TPSA) is 75.4 Å². The normalized spacial score (nSPS) is 18.2. The van der Waals surface area contributed by atoms with Gasteiger partial charge in [0.1, 0.15) is 0 Å². The Morgan fingerprint density at radius 2 is 1.83 bits per heavy atom. The third kappa shape index (κ3) is 5.49. The van der Waals surface area contributed by atoms with Crippen LogP contribution in [-0.4, -0.2) is 42.4 Å². The van der Waals surface area contributed by atoms with Gasteiger partial charge in [0.15, 0.2) is 0 Å². The molecule has 0 aliphatic carbocycles. The zero-order valence-electron chi connectivity index (χ0n) is 11.3. The summed E-state index contributed by atoms with van der Waals surface area (Å²) >= 11 is 0.